The van der Waals surface area contributed by atoms with Crippen molar-refractivity contribution in [1.82, 2.24) is 14.9 Å². The lowest BCUT2D eigenvalue weighted by Crippen LogP contribution is -2.41. The van der Waals surface area contributed by atoms with Crippen molar-refractivity contribution in [1.29, 1.82) is 0 Å². The molecule has 1 saturated carbocycles. The van der Waals surface area contributed by atoms with Crippen molar-refractivity contribution in [3.05, 3.63) is 18.7 Å². The maximum absolute atomic E-state index is 11.8. The Kier molecular flexibility index (Phi) is 3.59. The zero-order valence-electron chi connectivity index (χ0n) is 11.2. The summed E-state index contributed by atoms with van der Waals surface area (Å²) < 4.78 is 7.35. The predicted octanol–water partition coefficient (Wildman–Crippen LogP) is 2.50. The van der Waals surface area contributed by atoms with Crippen LogP contribution in [0.1, 0.15) is 46.1 Å². The molecule has 18 heavy (non-hydrogen) atoms. The lowest BCUT2D eigenvalue weighted by atomic mass is 10.1. The molecule has 1 fully saturated rings. The van der Waals surface area contributed by atoms with Gasteiger partial charge in [0.2, 0.25) is 0 Å². The van der Waals surface area contributed by atoms with Gasteiger partial charge in [-0.3, -0.25) is 0 Å². The van der Waals surface area contributed by atoms with Crippen LogP contribution in [0.15, 0.2) is 18.7 Å². The Morgan fingerprint density at radius 3 is 2.83 bits per heavy atom. The van der Waals surface area contributed by atoms with Gasteiger partial charge in [-0.05, 0) is 40.0 Å². The molecule has 0 aromatic carbocycles. The van der Waals surface area contributed by atoms with Crippen LogP contribution in [0.3, 0.4) is 0 Å². The van der Waals surface area contributed by atoms with Gasteiger partial charge in [0.15, 0.2) is 0 Å². The standard InChI is InChI=1S/C13H21N3O2/c1-13(2,3)18-12(17)15-10-5-4-6-11(10)16-8-7-14-9-16/h7-11H,4-6H2,1-3H3,(H,15,17). The van der Waals surface area contributed by atoms with Crippen molar-refractivity contribution in [2.24, 2.45) is 0 Å². The fraction of sp³-hybridized carbons (Fsp3) is 0.692. The Morgan fingerprint density at radius 2 is 2.22 bits per heavy atom. The number of aromatic nitrogens is 2. The number of nitrogens with zero attached hydrogens (tertiary/aromatic N) is 2. The fourth-order valence-electron chi connectivity index (χ4n) is 2.39. The van der Waals surface area contributed by atoms with Crippen LogP contribution < -0.4 is 5.32 Å². The number of imidazole rings is 1. The number of hydrogen-bond acceptors (Lipinski definition) is 3. The van der Waals surface area contributed by atoms with Gasteiger partial charge in [-0.1, -0.05) is 0 Å². The molecule has 1 aromatic heterocycles. The summed E-state index contributed by atoms with van der Waals surface area (Å²) in [6, 6.07) is 0.425. The minimum absolute atomic E-state index is 0.133. The van der Waals surface area contributed by atoms with E-state index >= 15 is 0 Å². The third-order valence-corrected chi connectivity index (χ3v) is 3.09. The van der Waals surface area contributed by atoms with Gasteiger partial charge < -0.3 is 14.6 Å². The maximum Gasteiger partial charge on any atom is 0.407 e. The van der Waals surface area contributed by atoms with E-state index < -0.39 is 5.60 Å². The Labute approximate surface area is 108 Å². The molecule has 1 aromatic rings. The average molecular weight is 251 g/mol. The van der Waals surface area contributed by atoms with Crippen molar-refractivity contribution in [2.75, 3.05) is 0 Å². The van der Waals surface area contributed by atoms with Gasteiger partial charge in [-0.2, -0.15) is 0 Å². The van der Waals surface area contributed by atoms with E-state index in [1.54, 1.807) is 12.5 Å². The summed E-state index contributed by atoms with van der Waals surface area (Å²) in [6.45, 7) is 5.61. The highest BCUT2D eigenvalue weighted by Gasteiger charge is 2.30. The number of hydrogen-bond donors (Lipinski definition) is 1. The summed E-state index contributed by atoms with van der Waals surface area (Å²) in [5.41, 5.74) is -0.451. The van der Waals surface area contributed by atoms with Crippen molar-refractivity contribution >= 4 is 6.09 Å². The zero-order valence-corrected chi connectivity index (χ0v) is 11.2. The smallest absolute Gasteiger partial charge is 0.407 e. The monoisotopic (exact) mass is 251 g/mol. The molecule has 5 heteroatoms. The quantitative estimate of drug-likeness (QED) is 0.878. The molecular weight excluding hydrogens is 230 g/mol. The third-order valence-electron chi connectivity index (χ3n) is 3.09. The van der Waals surface area contributed by atoms with Crippen LogP contribution in [-0.2, 0) is 4.74 Å². The molecule has 100 valence electrons. The zero-order chi connectivity index (χ0) is 13.2. The van der Waals surface area contributed by atoms with Crippen molar-refractivity contribution in [3.63, 3.8) is 0 Å². The summed E-state index contributed by atoms with van der Waals surface area (Å²) in [5.74, 6) is 0. The average Bonchev–Trinajstić information content (AvgIpc) is 2.82. The van der Waals surface area contributed by atoms with E-state index in [0.717, 1.165) is 19.3 Å². The fourth-order valence-corrected chi connectivity index (χ4v) is 2.39. The molecule has 5 nitrogen and oxygen atoms in total. The van der Waals surface area contributed by atoms with E-state index in [-0.39, 0.29) is 12.1 Å². The molecule has 0 bridgehead atoms. The summed E-state index contributed by atoms with van der Waals surface area (Å²) in [6.07, 6.45) is 8.35. The number of carbonyl (C=O) groups excluding carboxylic acids is 1. The van der Waals surface area contributed by atoms with Crippen LogP contribution in [0.4, 0.5) is 4.79 Å². The molecule has 1 aliphatic rings. The normalized spacial score (nSPS) is 23.9. The first-order valence-electron chi connectivity index (χ1n) is 6.43. The van der Waals surface area contributed by atoms with E-state index in [9.17, 15) is 4.79 Å². The van der Waals surface area contributed by atoms with Crippen LogP contribution in [0.25, 0.3) is 0 Å². The summed E-state index contributed by atoms with van der Waals surface area (Å²) in [4.78, 5) is 15.8. The second-order valence-electron chi connectivity index (χ2n) is 5.76. The number of carbonyl (C=O) groups is 1. The van der Waals surface area contributed by atoms with E-state index in [4.69, 9.17) is 4.74 Å². The van der Waals surface area contributed by atoms with Gasteiger partial charge in [-0.25, -0.2) is 9.78 Å². The molecule has 1 N–H and O–H groups in total. The van der Waals surface area contributed by atoms with Gasteiger partial charge in [0, 0.05) is 12.4 Å². The van der Waals surface area contributed by atoms with Gasteiger partial charge in [0.1, 0.15) is 5.60 Å². The highest BCUT2D eigenvalue weighted by atomic mass is 16.6. The summed E-state index contributed by atoms with van der Waals surface area (Å²) in [7, 11) is 0. The van der Waals surface area contributed by atoms with Crippen LogP contribution in [-0.4, -0.2) is 27.3 Å². The lowest BCUT2D eigenvalue weighted by molar-refractivity contribution is 0.0494. The molecule has 2 rings (SSSR count). The van der Waals surface area contributed by atoms with E-state index in [1.807, 2.05) is 27.0 Å². The Bertz CT molecular complexity index is 395. The van der Waals surface area contributed by atoms with Gasteiger partial charge >= 0.3 is 6.09 Å². The largest absolute Gasteiger partial charge is 0.444 e. The Morgan fingerprint density at radius 1 is 1.44 bits per heavy atom. The molecule has 0 aliphatic heterocycles. The van der Waals surface area contributed by atoms with Gasteiger partial charge in [-0.15, -0.1) is 0 Å². The minimum Gasteiger partial charge on any atom is -0.444 e. The molecule has 0 saturated heterocycles. The number of ether oxygens (including phenoxy) is 1. The predicted molar refractivity (Wildman–Crippen MR) is 68.3 cm³/mol. The Hall–Kier alpha value is -1.52. The molecule has 2 unspecified atom stereocenters. The first-order chi connectivity index (χ1) is 8.46. The summed E-state index contributed by atoms with van der Waals surface area (Å²) >= 11 is 0. The minimum atomic E-state index is -0.451. The number of nitrogens with one attached hydrogen (secondary N) is 1. The molecule has 1 aliphatic carbocycles. The first-order valence-corrected chi connectivity index (χ1v) is 6.43. The van der Waals surface area contributed by atoms with Crippen LogP contribution in [0.2, 0.25) is 0 Å². The third kappa shape index (κ3) is 3.24. The van der Waals surface area contributed by atoms with E-state index in [1.165, 1.54) is 0 Å². The highest BCUT2D eigenvalue weighted by molar-refractivity contribution is 5.68. The van der Waals surface area contributed by atoms with Crippen LogP contribution >= 0.6 is 0 Å². The van der Waals surface area contributed by atoms with Crippen LogP contribution in [0.5, 0.6) is 0 Å². The van der Waals surface area contributed by atoms with Crippen LogP contribution in [0, 0.1) is 0 Å². The molecule has 2 atom stereocenters. The highest BCUT2D eigenvalue weighted by Crippen LogP contribution is 2.30. The number of amides is 1. The van der Waals surface area contributed by atoms with Gasteiger partial charge in [0.25, 0.3) is 0 Å². The van der Waals surface area contributed by atoms with Crippen molar-refractivity contribution in [3.8, 4) is 0 Å². The first kappa shape index (κ1) is 12.9. The van der Waals surface area contributed by atoms with Gasteiger partial charge in [0.05, 0.1) is 18.4 Å². The maximum atomic E-state index is 11.8. The molecule has 1 heterocycles. The van der Waals surface area contributed by atoms with E-state index in [0.29, 0.717) is 6.04 Å². The second kappa shape index (κ2) is 5.00. The molecule has 1 amide bonds. The molecule has 0 radical (unpaired) electrons. The number of alkyl carbamates (subject to hydrolysis) is 1. The Balaban J connectivity index is 1.94. The molecular formula is C13H21N3O2. The van der Waals surface area contributed by atoms with Crippen molar-refractivity contribution in [2.45, 2.75) is 57.7 Å². The number of rotatable bonds is 2. The lowest BCUT2D eigenvalue weighted by Gasteiger charge is -2.25. The second-order valence-corrected chi connectivity index (χ2v) is 5.76. The van der Waals surface area contributed by atoms with Crippen molar-refractivity contribution < 1.29 is 9.53 Å². The van der Waals surface area contributed by atoms with E-state index in [2.05, 4.69) is 14.9 Å². The molecule has 0 spiro atoms. The summed E-state index contributed by atoms with van der Waals surface area (Å²) in [5, 5.41) is 2.96. The topological polar surface area (TPSA) is 56.1 Å². The SMILES string of the molecule is CC(C)(C)OC(=O)NC1CCCC1n1ccnc1.